The number of benzene rings is 1. The van der Waals surface area contributed by atoms with Gasteiger partial charge in [0.2, 0.25) is 0 Å². The summed E-state index contributed by atoms with van der Waals surface area (Å²) in [4.78, 5) is 0.384. The fourth-order valence-electron chi connectivity index (χ4n) is 0.695. The van der Waals surface area contributed by atoms with E-state index in [1.165, 1.54) is 0 Å². The summed E-state index contributed by atoms with van der Waals surface area (Å²) in [7, 11) is -2.43. The molecule has 2 nitrogen and oxygen atoms in total. The van der Waals surface area contributed by atoms with Gasteiger partial charge in [0, 0.05) is 3.57 Å². The van der Waals surface area contributed by atoms with E-state index in [1.807, 2.05) is 13.0 Å². The minimum Gasteiger partial charge on any atom is -0.227 e. The molecular formula is C7H7IO2S. The molecule has 0 amide bonds. The highest BCUT2D eigenvalue weighted by molar-refractivity contribution is 14.1. The molecule has 4 heteroatoms. The number of rotatable bonds is 1. The van der Waals surface area contributed by atoms with Gasteiger partial charge in [-0.25, -0.2) is 8.42 Å². The Morgan fingerprint density at radius 1 is 1.36 bits per heavy atom. The zero-order valence-electron chi connectivity index (χ0n) is 5.87. The number of aryl methyl sites for hydroxylation is 1. The second-order valence-corrected chi connectivity index (χ2v) is 4.38. The first kappa shape index (κ1) is 8.99. The maximum absolute atomic E-state index is 10.5. The van der Waals surface area contributed by atoms with Crippen LogP contribution in [0.2, 0.25) is 0 Å². The van der Waals surface area contributed by atoms with Crippen LogP contribution >= 0.6 is 22.6 Å². The van der Waals surface area contributed by atoms with Crippen LogP contribution in [-0.2, 0) is 10.7 Å². The largest absolute Gasteiger partial charge is 0.227 e. The molecule has 0 aliphatic heterocycles. The van der Waals surface area contributed by atoms with Gasteiger partial charge in [0.25, 0.3) is 0 Å². The number of hydrogen-bond acceptors (Lipinski definition) is 2. The smallest absolute Gasteiger partial charge is 0.168 e. The van der Waals surface area contributed by atoms with Gasteiger partial charge in [0.1, 0.15) is 0 Å². The predicted molar refractivity (Wildman–Crippen MR) is 52.5 cm³/mol. The molecule has 0 N–H and O–H groups in total. The van der Waals surface area contributed by atoms with Crippen LogP contribution in [0.1, 0.15) is 5.56 Å². The average molecular weight is 282 g/mol. The average Bonchev–Trinajstić information content (AvgIpc) is 1.94. The molecule has 0 bridgehead atoms. The quantitative estimate of drug-likeness (QED) is 0.626. The monoisotopic (exact) mass is 282 g/mol. The lowest BCUT2D eigenvalue weighted by atomic mass is 10.2. The molecule has 0 aromatic heterocycles. The second-order valence-electron chi connectivity index (χ2n) is 2.19. The van der Waals surface area contributed by atoms with Crippen LogP contribution in [0.3, 0.4) is 0 Å². The Kier molecular flexibility index (Phi) is 2.89. The Labute approximate surface area is 80.7 Å². The van der Waals surface area contributed by atoms with E-state index in [2.05, 4.69) is 22.6 Å². The molecule has 0 aliphatic carbocycles. The van der Waals surface area contributed by atoms with Crippen molar-refractivity contribution < 1.29 is 8.42 Å². The lowest BCUT2D eigenvalue weighted by molar-refractivity contribution is 0.614. The molecule has 0 saturated heterocycles. The molecule has 1 aromatic carbocycles. The Hall–Kier alpha value is -0.100. The third-order valence-electron chi connectivity index (χ3n) is 1.37. The Bertz CT molecular complexity index is 336. The molecule has 11 heavy (non-hydrogen) atoms. The van der Waals surface area contributed by atoms with Gasteiger partial charge in [-0.2, -0.15) is 0 Å². The fourth-order valence-corrected chi connectivity index (χ4v) is 1.89. The van der Waals surface area contributed by atoms with Crippen LogP contribution in [0, 0.1) is 10.5 Å². The van der Waals surface area contributed by atoms with Crippen molar-refractivity contribution in [1.29, 1.82) is 0 Å². The van der Waals surface area contributed by atoms with Gasteiger partial charge in [-0.3, -0.25) is 0 Å². The highest BCUT2D eigenvalue weighted by Crippen LogP contribution is 2.13. The Balaban J connectivity index is 3.26. The maximum Gasteiger partial charge on any atom is 0.168 e. The molecule has 0 atom stereocenters. The first-order valence-electron chi connectivity index (χ1n) is 3.02. The third kappa shape index (κ3) is 2.16. The molecule has 0 spiro atoms. The molecule has 0 aliphatic rings. The van der Waals surface area contributed by atoms with Crippen LogP contribution in [0.5, 0.6) is 0 Å². The van der Waals surface area contributed by atoms with Crippen molar-refractivity contribution in [3.05, 3.63) is 27.3 Å². The molecule has 1 aromatic rings. The van der Waals surface area contributed by atoms with Crippen molar-refractivity contribution in [1.82, 2.24) is 0 Å². The summed E-state index contributed by atoms with van der Waals surface area (Å²) in [5.74, 6) is 0. The Morgan fingerprint density at radius 3 is 2.45 bits per heavy atom. The molecule has 0 fully saturated rings. The van der Waals surface area contributed by atoms with Crippen LogP contribution in [0.4, 0.5) is 0 Å². The summed E-state index contributed by atoms with van der Waals surface area (Å²) in [6, 6.07) is 5.09. The van der Waals surface area contributed by atoms with Gasteiger partial charge < -0.3 is 0 Å². The van der Waals surface area contributed by atoms with Crippen molar-refractivity contribution in [3.8, 4) is 0 Å². The van der Waals surface area contributed by atoms with E-state index < -0.39 is 10.7 Å². The summed E-state index contributed by atoms with van der Waals surface area (Å²) in [5.41, 5.74) is 1.10. The third-order valence-corrected chi connectivity index (χ3v) is 3.23. The summed E-state index contributed by atoms with van der Waals surface area (Å²) in [5, 5.41) is 0. The maximum atomic E-state index is 10.5. The van der Waals surface area contributed by atoms with E-state index in [4.69, 9.17) is 0 Å². The lowest BCUT2D eigenvalue weighted by Gasteiger charge is -1.96. The van der Waals surface area contributed by atoms with E-state index >= 15 is 0 Å². The van der Waals surface area contributed by atoms with Crippen LogP contribution in [0.25, 0.3) is 0 Å². The standard InChI is InChI=1S/C7H7IO2S/c1-5-2-3-6(11(9)10)4-7(5)8/h2-4,11H,1H3. The van der Waals surface area contributed by atoms with Crippen LogP contribution in [0.15, 0.2) is 23.1 Å². The van der Waals surface area contributed by atoms with Gasteiger partial charge in [-0.1, -0.05) is 6.07 Å². The van der Waals surface area contributed by atoms with Crippen LogP contribution < -0.4 is 0 Å². The van der Waals surface area contributed by atoms with Gasteiger partial charge in [-0.05, 0) is 47.2 Å². The van der Waals surface area contributed by atoms with E-state index in [0.717, 1.165) is 9.13 Å². The minimum atomic E-state index is -2.43. The van der Waals surface area contributed by atoms with Gasteiger partial charge in [0.15, 0.2) is 10.7 Å². The second kappa shape index (κ2) is 3.53. The summed E-state index contributed by atoms with van der Waals surface area (Å²) in [6.07, 6.45) is 0. The minimum absolute atomic E-state index is 0.384. The molecule has 1 rings (SSSR count). The molecule has 0 heterocycles. The van der Waals surface area contributed by atoms with Crippen molar-refractivity contribution in [2.75, 3.05) is 0 Å². The lowest BCUT2D eigenvalue weighted by Crippen LogP contribution is -1.84. The predicted octanol–water partition coefficient (Wildman–Crippen LogP) is 1.57. The number of thiol groups is 1. The van der Waals surface area contributed by atoms with E-state index in [9.17, 15) is 8.42 Å². The summed E-state index contributed by atoms with van der Waals surface area (Å²) in [6.45, 7) is 1.95. The highest BCUT2D eigenvalue weighted by atomic mass is 127. The Morgan fingerprint density at radius 2 is 2.00 bits per heavy atom. The topological polar surface area (TPSA) is 34.1 Å². The summed E-state index contributed by atoms with van der Waals surface area (Å²) < 4.78 is 22.0. The first-order chi connectivity index (χ1) is 5.11. The normalized spacial score (nSPS) is 10.5. The fraction of sp³-hybridized carbons (Fsp3) is 0.143. The summed E-state index contributed by atoms with van der Waals surface area (Å²) >= 11 is 2.12. The molecule has 0 unspecified atom stereocenters. The van der Waals surface area contributed by atoms with Crippen molar-refractivity contribution in [2.24, 2.45) is 0 Å². The molecule has 60 valence electrons. The molecule has 0 radical (unpaired) electrons. The van der Waals surface area contributed by atoms with Gasteiger partial charge in [-0.15, -0.1) is 0 Å². The zero-order chi connectivity index (χ0) is 8.43. The van der Waals surface area contributed by atoms with E-state index in [1.54, 1.807) is 12.1 Å². The zero-order valence-corrected chi connectivity index (χ0v) is 8.93. The first-order valence-corrected chi connectivity index (χ1v) is 5.27. The molecule has 0 saturated carbocycles. The van der Waals surface area contributed by atoms with Gasteiger partial charge >= 0.3 is 0 Å². The van der Waals surface area contributed by atoms with E-state index in [0.29, 0.717) is 4.90 Å². The van der Waals surface area contributed by atoms with Gasteiger partial charge in [0.05, 0.1) is 4.90 Å². The van der Waals surface area contributed by atoms with Crippen molar-refractivity contribution in [3.63, 3.8) is 0 Å². The number of hydrogen-bond donors (Lipinski definition) is 1. The highest BCUT2D eigenvalue weighted by Gasteiger charge is 1.97. The SMILES string of the molecule is Cc1ccc([SH](=O)=O)cc1I. The molecular weight excluding hydrogens is 275 g/mol. The van der Waals surface area contributed by atoms with Crippen molar-refractivity contribution >= 4 is 33.3 Å². The number of halogens is 1. The van der Waals surface area contributed by atoms with Crippen molar-refractivity contribution in [2.45, 2.75) is 11.8 Å². The van der Waals surface area contributed by atoms with Crippen LogP contribution in [-0.4, -0.2) is 8.42 Å². The van der Waals surface area contributed by atoms with E-state index in [-0.39, 0.29) is 0 Å².